The molecule has 0 aliphatic carbocycles. The third kappa shape index (κ3) is 2.82. The molecule has 108 valence electrons. The monoisotopic (exact) mass is 272 g/mol. The number of carbonyl (C=O) groups is 2. The second-order valence-corrected chi connectivity index (χ2v) is 5.38. The molecule has 2 rings (SSSR count). The molecule has 2 amide bonds. The molecule has 4 atom stereocenters. The number of hydrogen-bond donors (Lipinski definition) is 3. The van der Waals surface area contributed by atoms with E-state index in [4.69, 9.17) is 9.47 Å². The lowest BCUT2D eigenvalue weighted by atomic mass is 9.85. The lowest BCUT2D eigenvalue weighted by Crippen LogP contribution is -2.54. The number of urea groups is 1. The van der Waals surface area contributed by atoms with Crippen LogP contribution in [0.5, 0.6) is 0 Å². The summed E-state index contributed by atoms with van der Waals surface area (Å²) < 4.78 is 10.5. The maximum Gasteiger partial charge on any atom is 0.315 e. The number of hydrogen-bond acceptors (Lipinski definition) is 4. The van der Waals surface area contributed by atoms with E-state index in [1.54, 1.807) is 6.92 Å². The molecule has 19 heavy (non-hydrogen) atoms. The van der Waals surface area contributed by atoms with Crippen molar-refractivity contribution in [3.8, 4) is 0 Å². The van der Waals surface area contributed by atoms with Crippen LogP contribution in [0.2, 0.25) is 0 Å². The Balaban J connectivity index is 1.90. The van der Waals surface area contributed by atoms with E-state index in [-0.39, 0.29) is 31.4 Å². The maximum atomic E-state index is 11.9. The van der Waals surface area contributed by atoms with Crippen LogP contribution < -0.4 is 10.6 Å². The molecular formula is C12H20N2O5. The Morgan fingerprint density at radius 1 is 1.37 bits per heavy atom. The highest BCUT2D eigenvalue weighted by molar-refractivity contribution is 5.79. The minimum Gasteiger partial charge on any atom is -0.481 e. The number of carboxylic acid groups (broad SMARTS) is 1. The molecule has 3 N–H and O–H groups in total. The van der Waals surface area contributed by atoms with E-state index in [9.17, 15) is 14.7 Å². The molecule has 2 saturated heterocycles. The van der Waals surface area contributed by atoms with Gasteiger partial charge in [0.25, 0.3) is 0 Å². The molecule has 2 fully saturated rings. The minimum atomic E-state index is -1.07. The van der Waals surface area contributed by atoms with E-state index in [0.29, 0.717) is 6.61 Å². The predicted molar refractivity (Wildman–Crippen MR) is 65.8 cm³/mol. The topological polar surface area (TPSA) is 96.9 Å². The van der Waals surface area contributed by atoms with Crippen molar-refractivity contribution in [2.24, 2.45) is 5.41 Å². The Kier molecular flexibility index (Phi) is 3.96. The summed E-state index contributed by atoms with van der Waals surface area (Å²) in [6.07, 6.45) is 0.753. The maximum absolute atomic E-state index is 11.9. The molecule has 7 nitrogen and oxygen atoms in total. The van der Waals surface area contributed by atoms with E-state index < -0.39 is 17.4 Å². The van der Waals surface area contributed by atoms with Gasteiger partial charge >= 0.3 is 12.0 Å². The van der Waals surface area contributed by atoms with Crippen LogP contribution in [-0.2, 0) is 14.3 Å². The Morgan fingerprint density at radius 3 is 2.68 bits per heavy atom. The lowest BCUT2D eigenvalue weighted by molar-refractivity contribution is -0.148. The van der Waals surface area contributed by atoms with Crippen molar-refractivity contribution in [1.82, 2.24) is 10.6 Å². The van der Waals surface area contributed by atoms with Crippen LogP contribution in [0.3, 0.4) is 0 Å². The van der Waals surface area contributed by atoms with Gasteiger partial charge in [0.15, 0.2) is 0 Å². The number of nitrogens with one attached hydrogen (secondary N) is 2. The van der Waals surface area contributed by atoms with E-state index in [1.165, 1.54) is 0 Å². The molecule has 4 unspecified atom stereocenters. The SMILES string of the molecule is CC1OCCC1NC(=O)NC1COCC1(C)C(=O)O. The third-order valence-electron chi connectivity index (χ3n) is 3.94. The van der Waals surface area contributed by atoms with Crippen LogP contribution >= 0.6 is 0 Å². The van der Waals surface area contributed by atoms with Crippen LogP contribution in [0, 0.1) is 5.41 Å². The second-order valence-electron chi connectivity index (χ2n) is 5.38. The van der Waals surface area contributed by atoms with E-state index >= 15 is 0 Å². The van der Waals surface area contributed by atoms with Gasteiger partial charge in [-0.3, -0.25) is 4.79 Å². The second kappa shape index (κ2) is 5.34. The highest BCUT2D eigenvalue weighted by Gasteiger charge is 2.47. The number of carbonyl (C=O) groups excluding carboxylic acids is 1. The third-order valence-corrected chi connectivity index (χ3v) is 3.94. The number of amides is 2. The van der Waals surface area contributed by atoms with Gasteiger partial charge in [0.05, 0.1) is 31.4 Å². The smallest absolute Gasteiger partial charge is 0.315 e. The molecule has 0 aromatic carbocycles. The van der Waals surface area contributed by atoms with Crippen molar-refractivity contribution in [2.75, 3.05) is 19.8 Å². The fourth-order valence-corrected chi connectivity index (χ4v) is 2.37. The Morgan fingerprint density at radius 2 is 2.11 bits per heavy atom. The van der Waals surface area contributed by atoms with Crippen molar-refractivity contribution < 1.29 is 24.2 Å². The first-order chi connectivity index (χ1) is 8.93. The van der Waals surface area contributed by atoms with Gasteiger partial charge in [-0.15, -0.1) is 0 Å². The van der Waals surface area contributed by atoms with Crippen LogP contribution in [-0.4, -0.2) is 55.1 Å². The first kappa shape index (κ1) is 14.1. The predicted octanol–water partition coefficient (Wildman–Crippen LogP) is -0.0473. The van der Waals surface area contributed by atoms with Gasteiger partial charge in [-0.2, -0.15) is 0 Å². The fraction of sp³-hybridized carbons (Fsp3) is 0.833. The molecule has 0 saturated carbocycles. The summed E-state index contributed by atoms with van der Waals surface area (Å²) in [5, 5.41) is 14.7. The van der Waals surface area contributed by atoms with Crippen LogP contribution in [0.4, 0.5) is 4.79 Å². The summed E-state index contributed by atoms with van der Waals surface area (Å²) in [4.78, 5) is 23.1. The van der Waals surface area contributed by atoms with Crippen molar-refractivity contribution in [1.29, 1.82) is 0 Å². The van der Waals surface area contributed by atoms with Crippen molar-refractivity contribution in [3.05, 3.63) is 0 Å². The number of carboxylic acids is 1. The Hall–Kier alpha value is -1.34. The van der Waals surface area contributed by atoms with Crippen LogP contribution in [0.25, 0.3) is 0 Å². The van der Waals surface area contributed by atoms with Crippen molar-refractivity contribution >= 4 is 12.0 Å². The molecule has 2 aliphatic rings. The number of rotatable bonds is 3. The standard InChI is InChI=1S/C12H20N2O5/c1-7-8(3-4-19-7)13-11(17)14-9-5-18-6-12(9,2)10(15)16/h7-9H,3-6H2,1-2H3,(H,15,16)(H2,13,14,17). The van der Waals surface area contributed by atoms with E-state index in [2.05, 4.69) is 10.6 Å². The largest absolute Gasteiger partial charge is 0.481 e. The molecule has 0 spiro atoms. The normalized spacial score (nSPS) is 38.1. The Bertz CT molecular complexity index is 375. The number of ether oxygens (including phenoxy) is 2. The highest BCUT2D eigenvalue weighted by atomic mass is 16.5. The fourth-order valence-electron chi connectivity index (χ4n) is 2.37. The summed E-state index contributed by atoms with van der Waals surface area (Å²) in [5.74, 6) is -0.965. The summed E-state index contributed by atoms with van der Waals surface area (Å²) in [7, 11) is 0. The summed E-state index contributed by atoms with van der Waals surface area (Å²) in [6.45, 7) is 4.43. The number of aliphatic carboxylic acids is 1. The van der Waals surface area contributed by atoms with Gasteiger partial charge < -0.3 is 25.2 Å². The Labute approximate surface area is 111 Å². The minimum absolute atomic E-state index is 0.0172. The first-order valence-corrected chi connectivity index (χ1v) is 6.43. The molecule has 2 aliphatic heterocycles. The summed E-state index contributed by atoms with van der Waals surface area (Å²) in [5.41, 5.74) is -1.07. The first-order valence-electron chi connectivity index (χ1n) is 6.43. The molecule has 0 aromatic rings. The molecule has 0 aromatic heterocycles. The van der Waals surface area contributed by atoms with Crippen LogP contribution in [0.15, 0.2) is 0 Å². The van der Waals surface area contributed by atoms with Gasteiger partial charge in [0, 0.05) is 6.61 Å². The average Bonchev–Trinajstić information content (AvgIpc) is 2.88. The van der Waals surface area contributed by atoms with E-state index in [1.807, 2.05) is 6.92 Å². The zero-order chi connectivity index (χ0) is 14.0. The molecule has 2 heterocycles. The van der Waals surface area contributed by atoms with Crippen LogP contribution in [0.1, 0.15) is 20.3 Å². The van der Waals surface area contributed by atoms with Gasteiger partial charge in [-0.05, 0) is 20.3 Å². The van der Waals surface area contributed by atoms with Gasteiger partial charge in [-0.25, -0.2) is 4.79 Å². The lowest BCUT2D eigenvalue weighted by Gasteiger charge is -2.26. The molecule has 0 radical (unpaired) electrons. The zero-order valence-electron chi connectivity index (χ0n) is 11.1. The molecule has 7 heteroatoms. The van der Waals surface area contributed by atoms with Gasteiger partial charge in [-0.1, -0.05) is 0 Å². The van der Waals surface area contributed by atoms with Crippen molar-refractivity contribution in [3.63, 3.8) is 0 Å². The summed E-state index contributed by atoms with van der Waals surface area (Å²) in [6, 6.07) is -0.925. The molecular weight excluding hydrogens is 252 g/mol. The van der Waals surface area contributed by atoms with E-state index in [0.717, 1.165) is 6.42 Å². The zero-order valence-corrected chi connectivity index (χ0v) is 11.1. The van der Waals surface area contributed by atoms with Gasteiger partial charge in [0.2, 0.25) is 0 Å². The molecule has 0 bridgehead atoms. The van der Waals surface area contributed by atoms with Crippen molar-refractivity contribution in [2.45, 2.75) is 38.5 Å². The summed E-state index contributed by atoms with van der Waals surface area (Å²) >= 11 is 0. The average molecular weight is 272 g/mol. The highest BCUT2D eigenvalue weighted by Crippen LogP contribution is 2.28. The quantitative estimate of drug-likeness (QED) is 0.669. The van der Waals surface area contributed by atoms with Gasteiger partial charge in [0.1, 0.15) is 5.41 Å².